The largest absolute Gasteiger partial charge is 0.497 e. The van der Waals surface area contributed by atoms with E-state index in [4.69, 9.17) is 16.3 Å². The molecule has 2 atom stereocenters. The summed E-state index contributed by atoms with van der Waals surface area (Å²) in [6.45, 7) is 5.29. The van der Waals surface area contributed by atoms with Crippen LogP contribution in [0.5, 0.6) is 5.75 Å². The third-order valence-electron chi connectivity index (χ3n) is 6.62. The molecule has 0 bridgehead atoms. The Hall–Kier alpha value is -3.56. The minimum Gasteiger partial charge on any atom is -0.497 e. The maximum atomic E-state index is 14.0. The summed E-state index contributed by atoms with van der Waals surface area (Å²) in [6, 6.07) is 20.5. The topological polar surface area (TPSA) is 96.0 Å². The second-order valence-electron chi connectivity index (χ2n) is 9.41. The summed E-state index contributed by atoms with van der Waals surface area (Å²) in [4.78, 5) is 28.8. The standard InChI is InChI=1S/C30H36ClN3O5S/c1-5-22(3)32-30(36)28(6-2)33(20-23-12-14-24(31)15-13-23)29(35)21-34(25-10-8-7-9-11-25)40(37,38)27-18-16-26(39-4)17-19-27/h7-19,22,28H,5-6,20-21H2,1-4H3,(H,32,36)/t22-,28-/m0/s1. The maximum Gasteiger partial charge on any atom is 0.264 e. The first-order valence-electron chi connectivity index (χ1n) is 13.2. The fraction of sp³-hybridized carbons (Fsp3) is 0.333. The van der Waals surface area contributed by atoms with E-state index >= 15 is 0 Å². The lowest BCUT2D eigenvalue weighted by Crippen LogP contribution is -2.53. The zero-order chi connectivity index (χ0) is 29.3. The molecule has 1 N–H and O–H groups in total. The summed E-state index contributed by atoms with van der Waals surface area (Å²) in [7, 11) is -2.65. The number of benzene rings is 3. The molecule has 214 valence electrons. The number of nitrogens with zero attached hydrogens (tertiary/aromatic N) is 2. The Morgan fingerprint density at radius 1 is 0.925 bits per heavy atom. The van der Waals surface area contributed by atoms with E-state index < -0.39 is 28.5 Å². The summed E-state index contributed by atoms with van der Waals surface area (Å²) < 4.78 is 34.0. The molecule has 0 aromatic heterocycles. The van der Waals surface area contributed by atoms with Gasteiger partial charge in [0.25, 0.3) is 10.0 Å². The number of anilines is 1. The first kappa shape index (κ1) is 31.0. The Balaban J connectivity index is 2.02. The van der Waals surface area contributed by atoms with Crippen molar-refractivity contribution in [2.24, 2.45) is 0 Å². The van der Waals surface area contributed by atoms with Crippen LogP contribution in [0.1, 0.15) is 39.2 Å². The molecule has 0 aliphatic rings. The van der Waals surface area contributed by atoms with Gasteiger partial charge in [-0.15, -0.1) is 0 Å². The monoisotopic (exact) mass is 585 g/mol. The molecule has 3 rings (SSSR count). The Bertz CT molecular complexity index is 1370. The van der Waals surface area contributed by atoms with E-state index in [9.17, 15) is 18.0 Å². The van der Waals surface area contributed by atoms with Gasteiger partial charge in [0.2, 0.25) is 11.8 Å². The fourth-order valence-corrected chi connectivity index (χ4v) is 5.69. The number of carbonyl (C=O) groups excluding carboxylic acids is 2. The predicted octanol–water partition coefficient (Wildman–Crippen LogP) is 5.27. The number of halogens is 1. The van der Waals surface area contributed by atoms with E-state index in [0.717, 1.165) is 16.3 Å². The van der Waals surface area contributed by atoms with E-state index in [0.29, 0.717) is 22.9 Å². The Morgan fingerprint density at radius 2 is 1.55 bits per heavy atom. The molecule has 0 aliphatic heterocycles. The molecule has 2 amide bonds. The number of methoxy groups -OCH3 is 1. The Labute approximate surface area is 241 Å². The van der Waals surface area contributed by atoms with Crippen LogP contribution >= 0.6 is 11.6 Å². The van der Waals surface area contributed by atoms with Crippen LogP contribution in [0.3, 0.4) is 0 Å². The number of sulfonamides is 1. The molecule has 8 nitrogen and oxygen atoms in total. The minimum atomic E-state index is -4.15. The Kier molecular flexibility index (Phi) is 11.0. The molecule has 0 heterocycles. The zero-order valence-corrected chi connectivity index (χ0v) is 24.8. The number of ether oxygens (including phenoxy) is 1. The van der Waals surface area contributed by atoms with Crippen LogP contribution in [0.2, 0.25) is 5.02 Å². The van der Waals surface area contributed by atoms with Crippen molar-refractivity contribution in [3.8, 4) is 5.75 Å². The van der Waals surface area contributed by atoms with Gasteiger partial charge in [-0.05, 0) is 73.9 Å². The third-order valence-corrected chi connectivity index (χ3v) is 8.66. The van der Waals surface area contributed by atoms with Gasteiger partial charge in [0.1, 0.15) is 18.3 Å². The van der Waals surface area contributed by atoms with Crippen LogP contribution in [0.4, 0.5) is 5.69 Å². The average Bonchev–Trinajstić information content (AvgIpc) is 2.96. The summed E-state index contributed by atoms with van der Waals surface area (Å²) in [5.74, 6) is -0.293. The van der Waals surface area contributed by atoms with Crippen LogP contribution < -0.4 is 14.4 Å². The summed E-state index contributed by atoms with van der Waals surface area (Å²) in [5.41, 5.74) is 1.09. The van der Waals surface area contributed by atoms with Crippen LogP contribution in [0.15, 0.2) is 83.8 Å². The van der Waals surface area contributed by atoms with Gasteiger partial charge in [0, 0.05) is 17.6 Å². The molecule has 3 aromatic carbocycles. The lowest BCUT2D eigenvalue weighted by Gasteiger charge is -2.33. The zero-order valence-electron chi connectivity index (χ0n) is 23.2. The van der Waals surface area contributed by atoms with Crippen LogP contribution in [-0.2, 0) is 26.2 Å². The van der Waals surface area contributed by atoms with E-state index in [-0.39, 0.29) is 23.4 Å². The van der Waals surface area contributed by atoms with Crippen molar-refractivity contribution in [1.82, 2.24) is 10.2 Å². The van der Waals surface area contributed by atoms with Gasteiger partial charge in [-0.25, -0.2) is 8.42 Å². The van der Waals surface area contributed by atoms with Gasteiger partial charge in [-0.1, -0.05) is 55.8 Å². The van der Waals surface area contributed by atoms with E-state index in [2.05, 4.69) is 5.32 Å². The number of carbonyl (C=O) groups is 2. The molecule has 0 saturated carbocycles. The number of para-hydroxylation sites is 1. The quantitative estimate of drug-likeness (QED) is 0.295. The number of amides is 2. The maximum absolute atomic E-state index is 14.0. The summed E-state index contributed by atoms with van der Waals surface area (Å²) in [6.07, 6.45) is 1.08. The molecular formula is C30H36ClN3O5S. The van der Waals surface area contributed by atoms with Crippen molar-refractivity contribution >= 4 is 39.1 Å². The van der Waals surface area contributed by atoms with Gasteiger partial charge >= 0.3 is 0 Å². The smallest absolute Gasteiger partial charge is 0.264 e. The second-order valence-corrected chi connectivity index (χ2v) is 11.7. The van der Waals surface area contributed by atoms with E-state index in [1.165, 1.54) is 24.1 Å². The fourth-order valence-electron chi connectivity index (χ4n) is 4.15. The lowest BCUT2D eigenvalue weighted by molar-refractivity contribution is -0.140. The van der Waals surface area contributed by atoms with Gasteiger partial charge in [-0.2, -0.15) is 0 Å². The molecule has 0 spiro atoms. The second kappa shape index (κ2) is 14.2. The van der Waals surface area contributed by atoms with Crippen LogP contribution in [0, 0.1) is 0 Å². The highest BCUT2D eigenvalue weighted by Crippen LogP contribution is 2.26. The minimum absolute atomic E-state index is 0.00996. The molecule has 40 heavy (non-hydrogen) atoms. The highest BCUT2D eigenvalue weighted by atomic mass is 35.5. The van der Waals surface area contributed by atoms with Crippen molar-refractivity contribution in [2.45, 2.75) is 57.1 Å². The summed E-state index contributed by atoms with van der Waals surface area (Å²) in [5, 5.41) is 3.51. The van der Waals surface area contributed by atoms with Crippen LogP contribution in [0.25, 0.3) is 0 Å². The van der Waals surface area contributed by atoms with Crippen molar-refractivity contribution in [3.05, 3.63) is 89.4 Å². The highest BCUT2D eigenvalue weighted by molar-refractivity contribution is 7.92. The van der Waals surface area contributed by atoms with Crippen molar-refractivity contribution < 1.29 is 22.7 Å². The van der Waals surface area contributed by atoms with E-state index in [1.54, 1.807) is 66.7 Å². The predicted molar refractivity (Wildman–Crippen MR) is 158 cm³/mol. The molecule has 0 unspecified atom stereocenters. The molecule has 10 heteroatoms. The number of hydrogen-bond acceptors (Lipinski definition) is 5. The highest BCUT2D eigenvalue weighted by Gasteiger charge is 2.34. The first-order valence-corrected chi connectivity index (χ1v) is 15.0. The van der Waals surface area contributed by atoms with Gasteiger partial charge < -0.3 is 15.0 Å². The Morgan fingerprint density at radius 3 is 2.10 bits per heavy atom. The third kappa shape index (κ3) is 7.76. The molecule has 3 aromatic rings. The lowest BCUT2D eigenvalue weighted by atomic mass is 10.1. The molecule has 0 fully saturated rings. The van der Waals surface area contributed by atoms with Gasteiger partial charge in [0.05, 0.1) is 17.7 Å². The van der Waals surface area contributed by atoms with Gasteiger partial charge in [0.15, 0.2) is 0 Å². The van der Waals surface area contributed by atoms with Crippen molar-refractivity contribution in [1.29, 1.82) is 0 Å². The number of nitrogens with one attached hydrogen (secondary N) is 1. The van der Waals surface area contributed by atoms with Crippen LogP contribution in [-0.4, -0.2) is 50.9 Å². The normalized spacial score (nSPS) is 12.7. The first-order chi connectivity index (χ1) is 19.1. The SMILES string of the molecule is CC[C@H](C)NC(=O)[C@H](CC)N(Cc1ccc(Cl)cc1)C(=O)CN(c1ccccc1)S(=O)(=O)c1ccc(OC)cc1. The number of hydrogen-bond donors (Lipinski definition) is 1. The van der Waals surface area contributed by atoms with Crippen molar-refractivity contribution in [3.63, 3.8) is 0 Å². The van der Waals surface area contributed by atoms with Crippen molar-refractivity contribution in [2.75, 3.05) is 18.0 Å². The average molecular weight is 586 g/mol. The molecular weight excluding hydrogens is 550 g/mol. The molecule has 0 radical (unpaired) electrons. The van der Waals surface area contributed by atoms with Gasteiger partial charge in [-0.3, -0.25) is 13.9 Å². The molecule has 0 saturated heterocycles. The summed E-state index contributed by atoms with van der Waals surface area (Å²) >= 11 is 6.06. The molecule has 0 aliphatic carbocycles. The number of rotatable bonds is 13. The van der Waals surface area contributed by atoms with E-state index in [1.807, 2.05) is 20.8 Å².